The summed E-state index contributed by atoms with van der Waals surface area (Å²) in [7, 11) is 0. The fourth-order valence-electron chi connectivity index (χ4n) is 3.09. The quantitative estimate of drug-likeness (QED) is 0.900. The molecule has 0 aromatic carbocycles. The molecule has 0 radical (unpaired) electrons. The lowest BCUT2D eigenvalue weighted by Crippen LogP contribution is -2.51. The van der Waals surface area contributed by atoms with Gasteiger partial charge in [0.25, 0.3) is 0 Å². The molecule has 2 rings (SSSR count). The number of nitrogens with two attached hydrogens (primary N) is 1. The highest BCUT2D eigenvalue weighted by Crippen LogP contribution is 2.44. The lowest BCUT2D eigenvalue weighted by atomic mass is 9.61. The van der Waals surface area contributed by atoms with Gasteiger partial charge in [-0.2, -0.15) is 0 Å². The van der Waals surface area contributed by atoms with E-state index in [-0.39, 0.29) is 23.3 Å². The average molecular weight is 295 g/mol. The number of hydrogen-bond donors (Lipinski definition) is 2. The third kappa shape index (κ3) is 3.04. The van der Waals surface area contributed by atoms with Gasteiger partial charge in [-0.15, -0.1) is 11.3 Å². The molecule has 0 bridgehead atoms. The molecule has 1 amide bonds. The molecule has 112 valence electrons. The van der Waals surface area contributed by atoms with Crippen LogP contribution in [0.5, 0.6) is 0 Å². The highest BCUT2D eigenvalue weighted by Gasteiger charge is 2.44. The number of carbonyl (C=O) groups excluding carboxylic acids is 1. The second-order valence-electron chi connectivity index (χ2n) is 6.50. The van der Waals surface area contributed by atoms with Crippen LogP contribution in [0.25, 0.3) is 0 Å². The van der Waals surface area contributed by atoms with Crippen molar-refractivity contribution >= 4 is 17.2 Å². The monoisotopic (exact) mass is 295 g/mol. The van der Waals surface area contributed by atoms with Crippen LogP contribution in [-0.4, -0.2) is 16.9 Å². The molecule has 4 nitrogen and oxygen atoms in total. The molecule has 1 aromatic rings. The highest BCUT2D eigenvalue weighted by molar-refractivity contribution is 7.09. The summed E-state index contributed by atoms with van der Waals surface area (Å²) in [5, 5.41) is 6.02. The van der Waals surface area contributed by atoms with Crippen molar-refractivity contribution in [1.82, 2.24) is 10.3 Å². The molecular weight excluding hydrogens is 270 g/mol. The Kier molecular flexibility index (Phi) is 4.49. The largest absolute Gasteiger partial charge is 0.349 e. The van der Waals surface area contributed by atoms with Crippen LogP contribution in [0, 0.1) is 24.2 Å². The van der Waals surface area contributed by atoms with Crippen molar-refractivity contribution in [3.63, 3.8) is 0 Å². The molecule has 1 saturated carbocycles. The first-order chi connectivity index (χ1) is 9.32. The fourth-order valence-corrected chi connectivity index (χ4v) is 3.80. The Labute approximate surface area is 125 Å². The third-order valence-electron chi connectivity index (χ3n) is 4.90. The first-order valence-corrected chi connectivity index (χ1v) is 8.14. The maximum Gasteiger partial charge on any atom is 0.224 e. The first kappa shape index (κ1) is 15.4. The Bertz CT molecular complexity index is 483. The summed E-state index contributed by atoms with van der Waals surface area (Å²) in [5.41, 5.74) is 7.10. The molecule has 1 aromatic heterocycles. The molecule has 3 atom stereocenters. The van der Waals surface area contributed by atoms with Gasteiger partial charge in [0.1, 0.15) is 5.01 Å². The van der Waals surface area contributed by atoms with Gasteiger partial charge in [-0.25, -0.2) is 4.98 Å². The number of nitrogens with zero attached hydrogens (tertiary/aromatic N) is 1. The van der Waals surface area contributed by atoms with Crippen LogP contribution < -0.4 is 11.1 Å². The summed E-state index contributed by atoms with van der Waals surface area (Å²) in [6, 6.07) is 0.204. The van der Waals surface area contributed by atoms with E-state index < -0.39 is 0 Å². The van der Waals surface area contributed by atoms with Crippen LogP contribution in [0.3, 0.4) is 0 Å². The van der Waals surface area contributed by atoms with E-state index in [1.54, 1.807) is 11.3 Å². The zero-order chi connectivity index (χ0) is 14.9. The Morgan fingerprint density at radius 1 is 1.55 bits per heavy atom. The smallest absolute Gasteiger partial charge is 0.224 e. The number of nitrogens with one attached hydrogen (secondary N) is 1. The summed E-state index contributed by atoms with van der Waals surface area (Å²) in [5.74, 6) is 0.536. The first-order valence-electron chi connectivity index (χ1n) is 7.26. The zero-order valence-electron chi connectivity index (χ0n) is 12.8. The Balaban J connectivity index is 1.98. The normalized spacial score (nSPS) is 29.1. The van der Waals surface area contributed by atoms with Gasteiger partial charge in [-0.3, -0.25) is 4.79 Å². The van der Waals surface area contributed by atoms with E-state index in [0.29, 0.717) is 12.5 Å². The minimum Gasteiger partial charge on any atom is -0.349 e. The minimum atomic E-state index is -0.0550. The van der Waals surface area contributed by atoms with Crippen LogP contribution >= 0.6 is 11.3 Å². The van der Waals surface area contributed by atoms with Gasteiger partial charge in [-0.05, 0) is 31.1 Å². The van der Waals surface area contributed by atoms with E-state index in [1.807, 2.05) is 12.3 Å². The van der Waals surface area contributed by atoms with Crippen molar-refractivity contribution in [2.75, 3.05) is 0 Å². The Hall–Kier alpha value is -0.940. The van der Waals surface area contributed by atoms with Crippen molar-refractivity contribution in [3.05, 3.63) is 16.1 Å². The molecule has 1 aliphatic rings. The predicted molar refractivity (Wildman–Crippen MR) is 82.3 cm³/mol. The zero-order valence-corrected chi connectivity index (χ0v) is 13.6. The topological polar surface area (TPSA) is 68.0 Å². The van der Waals surface area contributed by atoms with Gasteiger partial charge in [0.15, 0.2) is 0 Å². The second kappa shape index (κ2) is 5.82. The van der Waals surface area contributed by atoms with Gasteiger partial charge >= 0.3 is 0 Å². The molecule has 1 heterocycles. The average Bonchev–Trinajstić information content (AvgIpc) is 2.79. The molecule has 0 aliphatic heterocycles. The molecular formula is C15H25N3OS. The number of thiazole rings is 1. The van der Waals surface area contributed by atoms with Crippen molar-refractivity contribution in [3.8, 4) is 0 Å². The van der Waals surface area contributed by atoms with Crippen LogP contribution in [-0.2, 0) is 11.3 Å². The predicted octanol–water partition coefficient (Wildman–Crippen LogP) is 2.47. The Morgan fingerprint density at radius 3 is 2.85 bits per heavy atom. The van der Waals surface area contributed by atoms with E-state index >= 15 is 0 Å². The number of aryl methyl sites for hydroxylation is 1. The molecule has 3 unspecified atom stereocenters. The lowest BCUT2D eigenvalue weighted by molar-refractivity contribution is -0.132. The van der Waals surface area contributed by atoms with Crippen LogP contribution in [0.2, 0.25) is 0 Å². The minimum absolute atomic E-state index is 0.0401. The van der Waals surface area contributed by atoms with E-state index in [9.17, 15) is 4.79 Å². The summed E-state index contributed by atoms with van der Waals surface area (Å²) in [6.07, 6.45) is 1.81. The highest BCUT2D eigenvalue weighted by atomic mass is 32.1. The summed E-state index contributed by atoms with van der Waals surface area (Å²) in [4.78, 5) is 16.8. The molecule has 1 fully saturated rings. The van der Waals surface area contributed by atoms with Gasteiger partial charge < -0.3 is 11.1 Å². The summed E-state index contributed by atoms with van der Waals surface area (Å²) in [6.45, 7) is 8.98. The molecule has 1 aliphatic carbocycles. The number of aromatic nitrogens is 1. The van der Waals surface area contributed by atoms with Crippen LogP contribution in [0.15, 0.2) is 5.38 Å². The molecule has 5 heteroatoms. The molecule has 0 saturated heterocycles. The van der Waals surface area contributed by atoms with Gasteiger partial charge in [0.2, 0.25) is 5.91 Å². The van der Waals surface area contributed by atoms with Crippen molar-refractivity contribution in [2.24, 2.45) is 23.0 Å². The van der Waals surface area contributed by atoms with Gasteiger partial charge in [0.05, 0.1) is 6.54 Å². The van der Waals surface area contributed by atoms with E-state index in [4.69, 9.17) is 5.73 Å². The maximum atomic E-state index is 12.5. The number of carbonyl (C=O) groups is 1. The van der Waals surface area contributed by atoms with Gasteiger partial charge in [0, 0.05) is 23.0 Å². The van der Waals surface area contributed by atoms with Crippen molar-refractivity contribution in [1.29, 1.82) is 0 Å². The van der Waals surface area contributed by atoms with E-state index in [2.05, 4.69) is 31.1 Å². The third-order valence-corrected chi connectivity index (χ3v) is 5.87. The van der Waals surface area contributed by atoms with Crippen molar-refractivity contribution < 1.29 is 4.79 Å². The number of rotatable bonds is 3. The van der Waals surface area contributed by atoms with Crippen molar-refractivity contribution in [2.45, 2.75) is 53.1 Å². The SMILES string of the molecule is Cc1csc(CNC(=O)C2CCC(N)C(C)C2(C)C)n1. The maximum absolute atomic E-state index is 12.5. The molecule has 0 spiro atoms. The van der Waals surface area contributed by atoms with E-state index in [1.165, 1.54) is 0 Å². The van der Waals surface area contributed by atoms with Crippen LogP contribution in [0.4, 0.5) is 0 Å². The number of hydrogen-bond acceptors (Lipinski definition) is 4. The second-order valence-corrected chi connectivity index (χ2v) is 7.45. The summed E-state index contributed by atoms with van der Waals surface area (Å²) < 4.78 is 0. The van der Waals surface area contributed by atoms with E-state index in [0.717, 1.165) is 23.5 Å². The number of amides is 1. The van der Waals surface area contributed by atoms with Crippen LogP contribution in [0.1, 0.15) is 44.3 Å². The fraction of sp³-hybridized carbons (Fsp3) is 0.733. The van der Waals surface area contributed by atoms with Gasteiger partial charge in [-0.1, -0.05) is 20.8 Å². The summed E-state index contributed by atoms with van der Waals surface area (Å²) >= 11 is 1.59. The standard InChI is InChI=1S/C15H25N3OS/c1-9-8-20-13(18-9)7-17-14(19)11-5-6-12(16)10(2)15(11,3)4/h8,10-12H,5-7,16H2,1-4H3,(H,17,19). The molecule has 20 heavy (non-hydrogen) atoms. The lowest BCUT2D eigenvalue weighted by Gasteiger charge is -2.46. The Morgan fingerprint density at radius 2 is 2.25 bits per heavy atom. The molecule has 3 N–H and O–H groups in total.